The van der Waals surface area contributed by atoms with Gasteiger partial charge in [-0.25, -0.2) is 4.79 Å². The van der Waals surface area contributed by atoms with Crippen LogP contribution >= 0.6 is 0 Å². The van der Waals surface area contributed by atoms with Crippen LogP contribution in [0, 0.1) is 0 Å². The molecule has 1 aliphatic heterocycles. The highest BCUT2D eigenvalue weighted by molar-refractivity contribution is 5.67. The van der Waals surface area contributed by atoms with E-state index < -0.39 is 49.2 Å². The van der Waals surface area contributed by atoms with Gasteiger partial charge in [0.15, 0.2) is 0 Å². The molecule has 8 heteroatoms. The van der Waals surface area contributed by atoms with Gasteiger partial charge in [-0.2, -0.15) is 0 Å². The lowest BCUT2D eigenvalue weighted by Gasteiger charge is -2.44. The number of carbonyl (C=O) groups is 1. The number of aliphatic hydroxyl groups is 3. The molecule has 1 heterocycles. The first kappa shape index (κ1) is 30.5. The van der Waals surface area contributed by atoms with Gasteiger partial charge in [0, 0.05) is 6.04 Å². The summed E-state index contributed by atoms with van der Waals surface area (Å²) in [5, 5.41) is 33.2. The summed E-state index contributed by atoms with van der Waals surface area (Å²) in [6.45, 7) is 1.86. The van der Waals surface area contributed by atoms with E-state index in [2.05, 4.69) is 12.2 Å². The maximum absolute atomic E-state index is 12.4. The zero-order valence-corrected chi connectivity index (χ0v) is 21.9. The third-order valence-corrected chi connectivity index (χ3v) is 7.02. The highest BCUT2D eigenvalue weighted by atomic mass is 16.6. The Hall–Kier alpha value is -1.71. The minimum atomic E-state index is -1.35. The molecule has 206 valence electrons. The van der Waals surface area contributed by atoms with Gasteiger partial charge < -0.3 is 35.8 Å². The van der Waals surface area contributed by atoms with Crippen LogP contribution in [-0.2, 0) is 16.1 Å². The van der Waals surface area contributed by atoms with Crippen molar-refractivity contribution >= 4 is 6.09 Å². The third-order valence-electron chi connectivity index (χ3n) is 7.02. The molecular formula is C28H48N2O6. The average Bonchev–Trinajstić information content (AvgIpc) is 2.89. The Labute approximate surface area is 216 Å². The SMILES string of the molecule is CCCCCCCCCCCCCC(N)[C@@H]1O[C@H](CO)[C@H](O)[C@H](O)[C@H]1NC(=O)OCc1ccccc1. The average molecular weight is 509 g/mol. The second-order valence-electron chi connectivity index (χ2n) is 10.0. The summed E-state index contributed by atoms with van der Waals surface area (Å²) in [6.07, 6.45) is 9.06. The van der Waals surface area contributed by atoms with Crippen molar-refractivity contribution in [3.8, 4) is 0 Å². The van der Waals surface area contributed by atoms with Gasteiger partial charge in [0.05, 0.1) is 18.8 Å². The number of aliphatic hydroxyl groups excluding tert-OH is 3. The van der Waals surface area contributed by atoms with E-state index in [1.165, 1.54) is 51.4 Å². The molecular weight excluding hydrogens is 460 g/mol. The van der Waals surface area contributed by atoms with Crippen molar-refractivity contribution in [2.45, 2.75) is 127 Å². The number of rotatable bonds is 17. The van der Waals surface area contributed by atoms with Crippen LogP contribution < -0.4 is 11.1 Å². The quantitative estimate of drug-likeness (QED) is 0.202. The van der Waals surface area contributed by atoms with Gasteiger partial charge in [-0.05, 0) is 12.0 Å². The predicted octanol–water partition coefficient (Wildman–Crippen LogP) is 3.79. The fourth-order valence-electron chi connectivity index (χ4n) is 4.79. The standard InChI is InChI=1S/C28H48N2O6/c1-2-3-4-5-6-7-8-9-10-11-15-18-22(29)27-24(26(33)25(32)23(19-31)36-27)30-28(34)35-20-21-16-13-12-14-17-21/h12-14,16-17,22-27,31-33H,2-11,15,18-20,29H2,1H3,(H,30,34)/t22?,23-,24-,25+,26-,27+/m1/s1. The van der Waals surface area contributed by atoms with Crippen LogP contribution in [-0.4, -0.2) is 64.5 Å². The molecule has 1 unspecified atom stereocenters. The van der Waals surface area contributed by atoms with Gasteiger partial charge in [-0.15, -0.1) is 0 Å². The fraction of sp³-hybridized carbons (Fsp3) is 0.750. The molecule has 0 aliphatic carbocycles. The molecule has 6 atom stereocenters. The Morgan fingerprint density at radius 2 is 1.56 bits per heavy atom. The van der Waals surface area contributed by atoms with Gasteiger partial charge in [0.25, 0.3) is 0 Å². The summed E-state index contributed by atoms with van der Waals surface area (Å²) in [5.74, 6) is 0. The Kier molecular flexibility index (Phi) is 15.0. The lowest BCUT2D eigenvalue weighted by molar-refractivity contribution is -0.198. The minimum absolute atomic E-state index is 0.0770. The van der Waals surface area contributed by atoms with Crippen molar-refractivity contribution in [1.29, 1.82) is 0 Å². The molecule has 8 nitrogen and oxygen atoms in total. The highest BCUT2D eigenvalue weighted by Crippen LogP contribution is 2.25. The molecule has 1 aliphatic rings. The van der Waals surface area contributed by atoms with Crippen molar-refractivity contribution in [3.05, 3.63) is 35.9 Å². The van der Waals surface area contributed by atoms with E-state index in [0.29, 0.717) is 6.42 Å². The van der Waals surface area contributed by atoms with E-state index in [1.54, 1.807) is 0 Å². The maximum atomic E-state index is 12.4. The van der Waals surface area contributed by atoms with Crippen molar-refractivity contribution in [2.24, 2.45) is 5.73 Å². The molecule has 0 spiro atoms. The Balaban J connectivity index is 1.77. The fourth-order valence-corrected chi connectivity index (χ4v) is 4.79. The number of ether oxygens (including phenoxy) is 2. The Bertz CT molecular complexity index is 707. The number of benzene rings is 1. The molecule has 0 bridgehead atoms. The Morgan fingerprint density at radius 3 is 2.14 bits per heavy atom. The molecule has 1 fully saturated rings. The number of alkyl carbamates (subject to hydrolysis) is 1. The van der Waals surface area contributed by atoms with Crippen LogP contribution in [0.4, 0.5) is 4.79 Å². The first-order chi connectivity index (χ1) is 17.5. The smallest absolute Gasteiger partial charge is 0.407 e. The summed E-state index contributed by atoms with van der Waals surface area (Å²) >= 11 is 0. The van der Waals surface area contributed by atoms with E-state index in [4.69, 9.17) is 15.2 Å². The van der Waals surface area contributed by atoms with E-state index in [0.717, 1.165) is 24.8 Å². The van der Waals surface area contributed by atoms with Crippen molar-refractivity contribution in [1.82, 2.24) is 5.32 Å². The summed E-state index contributed by atoms with van der Waals surface area (Å²) < 4.78 is 11.1. The maximum Gasteiger partial charge on any atom is 0.407 e. The topological polar surface area (TPSA) is 134 Å². The number of nitrogens with one attached hydrogen (secondary N) is 1. The van der Waals surface area contributed by atoms with E-state index >= 15 is 0 Å². The predicted molar refractivity (Wildman–Crippen MR) is 140 cm³/mol. The summed E-state index contributed by atoms with van der Waals surface area (Å²) in [7, 11) is 0. The zero-order chi connectivity index (χ0) is 26.2. The molecule has 0 saturated carbocycles. The van der Waals surface area contributed by atoms with Crippen LogP contribution in [0.5, 0.6) is 0 Å². The van der Waals surface area contributed by atoms with Gasteiger partial charge in [0.2, 0.25) is 0 Å². The number of hydrogen-bond donors (Lipinski definition) is 5. The van der Waals surface area contributed by atoms with Crippen molar-refractivity contribution in [3.63, 3.8) is 0 Å². The van der Waals surface area contributed by atoms with Crippen molar-refractivity contribution in [2.75, 3.05) is 6.61 Å². The number of nitrogens with two attached hydrogens (primary N) is 1. The number of carbonyl (C=O) groups excluding carboxylic acids is 1. The van der Waals surface area contributed by atoms with Gasteiger partial charge in [0.1, 0.15) is 24.9 Å². The van der Waals surface area contributed by atoms with Crippen LogP contribution in [0.15, 0.2) is 30.3 Å². The largest absolute Gasteiger partial charge is 0.445 e. The first-order valence-electron chi connectivity index (χ1n) is 13.8. The molecule has 1 aromatic carbocycles. The third kappa shape index (κ3) is 10.7. The van der Waals surface area contributed by atoms with E-state index in [1.807, 2.05) is 30.3 Å². The second kappa shape index (κ2) is 17.7. The molecule has 36 heavy (non-hydrogen) atoms. The van der Waals surface area contributed by atoms with Crippen LogP contribution in [0.1, 0.15) is 89.5 Å². The van der Waals surface area contributed by atoms with E-state index in [-0.39, 0.29) is 6.61 Å². The summed E-state index contributed by atoms with van der Waals surface area (Å²) in [5.41, 5.74) is 7.26. The zero-order valence-electron chi connectivity index (χ0n) is 21.9. The number of hydrogen-bond acceptors (Lipinski definition) is 7. The molecule has 1 saturated heterocycles. The molecule has 0 aromatic heterocycles. The van der Waals surface area contributed by atoms with Crippen LogP contribution in [0.3, 0.4) is 0 Å². The molecule has 6 N–H and O–H groups in total. The number of amides is 1. The minimum Gasteiger partial charge on any atom is -0.445 e. The normalized spacial score (nSPS) is 24.9. The first-order valence-corrected chi connectivity index (χ1v) is 13.8. The Morgan fingerprint density at radius 1 is 0.972 bits per heavy atom. The molecule has 0 radical (unpaired) electrons. The van der Waals surface area contributed by atoms with Gasteiger partial charge in [-0.1, -0.05) is 108 Å². The molecule has 1 aromatic rings. The van der Waals surface area contributed by atoms with Crippen LogP contribution in [0.2, 0.25) is 0 Å². The van der Waals surface area contributed by atoms with Crippen molar-refractivity contribution < 1.29 is 29.6 Å². The lowest BCUT2D eigenvalue weighted by atomic mass is 9.87. The second-order valence-corrected chi connectivity index (χ2v) is 10.0. The van der Waals surface area contributed by atoms with E-state index in [9.17, 15) is 20.1 Å². The lowest BCUT2D eigenvalue weighted by Crippen LogP contribution is -2.67. The van der Waals surface area contributed by atoms with Crippen LogP contribution in [0.25, 0.3) is 0 Å². The summed E-state index contributed by atoms with van der Waals surface area (Å²) in [4.78, 5) is 12.4. The molecule has 2 rings (SSSR count). The number of unbranched alkanes of at least 4 members (excludes halogenated alkanes) is 10. The molecule has 1 amide bonds. The summed E-state index contributed by atoms with van der Waals surface area (Å²) in [6, 6.07) is 7.84. The highest BCUT2D eigenvalue weighted by Gasteiger charge is 2.47. The monoisotopic (exact) mass is 508 g/mol. The van der Waals surface area contributed by atoms with Gasteiger partial charge >= 0.3 is 6.09 Å². The van der Waals surface area contributed by atoms with Gasteiger partial charge in [-0.3, -0.25) is 0 Å².